The SMILES string of the molecule is CCc1c(C2CN(c3cc(C(=O)Nc4cc(C(C)(C)C)cc(NS(C)(=O)=O)c4OC)ccc3C)N=N2)cnn1C1CC1. The summed E-state index contributed by atoms with van der Waals surface area (Å²) >= 11 is 0. The van der Waals surface area contributed by atoms with Crippen LogP contribution in [0.5, 0.6) is 5.75 Å². The summed E-state index contributed by atoms with van der Waals surface area (Å²) in [6.45, 7) is 10.7. The summed E-state index contributed by atoms with van der Waals surface area (Å²) in [6, 6.07) is 9.35. The fraction of sp³-hybridized carbons (Fsp3) is 0.467. The molecule has 1 aromatic heterocycles. The molecular weight excluding hydrogens is 554 g/mol. The van der Waals surface area contributed by atoms with E-state index >= 15 is 0 Å². The van der Waals surface area contributed by atoms with Crippen LogP contribution in [0.25, 0.3) is 0 Å². The van der Waals surface area contributed by atoms with Crippen LogP contribution >= 0.6 is 0 Å². The summed E-state index contributed by atoms with van der Waals surface area (Å²) in [5.41, 5.74) is 5.62. The van der Waals surface area contributed by atoms with Crippen molar-refractivity contribution in [1.82, 2.24) is 9.78 Å². The molecule has 12 heteroatoms. The monoisotopic (exact) mass is 593 g/mol. The van der Waals surface area contributed by atoms with Gasteiger partial charge in [-0.25, -0.2) is 13.4 Å². The molecule has 5 rings (SSSR count). The van der Waals surface area contributed by atoms with Crippen molar-refractivity contribution in [3.8, 4) is 5.75 Å². The largest absolute Gasteiger partial charge is 0.492 e. The van der Waals surface area contributed by atoms with Crippen molar-refractivity contribution in [2.45, 2.75) is 71.4 Å². The van der Waals surface area contributed by atoms with Crippen molar-refractivity contribution in [2.75, 3.05) is 35.0 Å². The van der Waals surface area contributed by atoms with Crippen molar-refractivity contribution >= 4 is 33.0 Å². The molecule has 1 fully saturated rings. The smallest absolute Gasteiger partial charge is 0.255 e. The Bertz CT molecular complexity index is 1650. The number of amides is 1. The third kappa shape index (κ3) is 6.13. The van der Waals surface area contributed by atoms with E-state index in [0.717, 1.165) is 35.1 Å². The van der Waals surface area contributed by atoms with Gasteiger partial charge >= 0.3 is 0 Å². The number of sulfonamides is 1. The second kappa shape index (κ2) is 11.0. The molecule has 224 valence electrons. The van der Waals surface area contributed by atoms with Gasteiger partial charge < -0.3 is 10.1 Å². The highest BCUT2D eigenvalue weighted by atomic mass is 32.2. The minimum absolute atomic E-state index is 0.130. The molecule has 1 aliphatic carbocycles. The number of methoxy groups -OCH3 is 1. The summed E-state index contributed by atoms with van der Waals surface area (Å²) in [5.74, 6) is -0.138. The number of anilines is 3. The molecule has 1 aliphatic heterocycles. The molecule has 11 nitrogen and oxygen atoms in total. The topological polar surface area (TPSA) is 130 Å². The van der Waals surface area contributed by atoms with Crippen LogP contribution in [0.2, 0.25) is 0 Å². The van der Waals surface area contributed by atoms with Crippen molar-refractivity contribution < 1.29 is 17.9 Å². The van der Waals surface area contributed by atoms with Crippen LogP contribution in [-0.4, -0.2) is 44.0 Å². The zero-order valence-electron chi connectivity index (χ0n) is 25.2. The fourth-order valence-electron chi connectivity index (χ4n) is 5.22. The highest BCUT2D eigenvalue weighted by Crippen LogP contribution is 2.41. The number of nitrogens with one attached hydrogen (secondary N) is 2. The van der Waals surface area contributed by atoms with Gasteiger partial charge in [-0.2, -0.15) is 10.2 Å². The average Bonchev–Trinajstić information content (AvgIpc) is 3.47. The average molecular weight is 594 g/mol. The quantitative estimate of drug-likeness (QED) is 0.315. The first-order chi connectivity index (χ1) is 19.8. The van der Waals surface area contributed by atoms with Crippen LogP contribution in [-0.2, 0) is 21.9 Å². The summed E-state index contributed by atoms with van der Waals surface area (Å²) in [7, 11) is -2.15. The summed E-state index contributed by atoms with van der Waals surface area (Å²) in [5, 5.41) is 18.5. The van der Waals surface area contributed by atoms with E-state index in [-0.39, 0.29) is 28.8 Å². The van der Waals surface area contributed by atoms with Crippen LogP contribution in [0.4, 0.5) is 17.1 Å². The molecular formula is C30H39N7O4S. The van der Waals surface area contributed by atoms with Gasteiger partial charge in [0.1, 0.15) is 6.04 Å². The van der Waals surface area contributed by atoms with Crippen molar-refractivity contribution in [3.63, 3.8) is 0 Å². The first kappa shape index (κ1) is 29.6. The standard InChI is InChI=1S/C30H39N7O4S/c1-8-26-22(16-31-37(26)21-11-12-21)25-17-36(35-33-25)27-13-19(10-9-18(27)2)29(38)32-23-14-20(30(3,4)5)15-24(28(23)41-6)34-42(7,39)40/h9-10,13-16,21,25,34H,8,11-12,17H2,1-7H3,(H,32,38). The summed E-state index contributed by atoms with van der Waals surface area (Å²) < 4.78 is 34.4. The Labute approximate surface area is 247 Å². The first-order valence-electron chi connectivity index (χ1n) is 14.2. The Morgan fingerprint density at radius 2 is 1.86 bits per heavy atom. The third-order valence-electron chi connectivity index (χ3n) is 7.61. The molecule has 0 saturated heterocycles. The minimum atomic E-state index is -3.59. The third-order valence-corrected chi connectivity index (χ3v) is 8.21. The molecule has 1 atom stereocenters. The molecule has 1 unspecified atom stereocenters. The lowest BCUT2D eigenvalue weighted by Gasteiger charge is -2.24. The molecule has 2 heterocycles. The lowest BCUT2D eigenvalue weighted by atomic mass is 9.86. The Hall–Kier alpha value is -3.93. The van der Waals surface area contributed by atoms with Crippen molar-refractivity contribution in [1.29, 1.82) is 0 Å². The molecule has 1 saturated carbocycles. The van der Waals surface area contributed by atoms with Gasteiger partial charge in [-0.05, 0) is 67.0 Å². The number of aromatic nitrogens is 2. The highest BCUT2D eigenvalue weighted by molar-refractivity contribution is 7.92. The maximum Gasteiger partial charge on any atom is 0.255 e. The fourth-order valence-corrected chi connectivity index (χ4v) is 5.77. The van der Waals surface area contributed by atoms with Crippen LogP contribution in [0.1, 0.15) is 85.4 Å². The van der Waals surface area contributed by atoms with E-state index in [4.69, 9.17) is 4.74 Å². The van der Waals surface area contributed by atoms with Gasteiger partial charge in [0, 0.05) is 16.8 Å². The normalized spacial score (nSPS) is 17.0. The zero-order valence-corrected chi connectivity index (χ0v) is 26.0. The second-order valence-electron chi connectivity index (χ2n) is 12.1. The molecule has 2 N–H and O–H groups in total. The van der Waals surface area contributed by atoms with Gasteiger partial charge in [0.2, 0.25) is 10.0 Å². The van der Waals surface area contributed by atoms with Crippen LogP contribution in [0, 0.1) is 6.92 Å². The summed E-state index contributed by atoms with van der Waals surface area (Å²) in [4.78, 5) is 13.6. The molecule has 0 bridgehead atoms. The lowest BCUT2D eigenvalue weighted by molar-refractivity contribution is 0.102. The van der Waals surface area contributed by atoms with E-state index in [1.807, 2.05) is 51.0 Å². The van der Waals surface area contributed by atoms with Gasteiger partial charge in [0.25, 0.3) is 5.91 Å². The number of carbonyl (C=O) groups is 1. The van der Waals surface area contributed by atoms with E-state index in [1.54, 1.807) is 18.2 Å². The number of ether oxygens (including phenoxy) is 1. The number of benzene rings is 2. The Morgan fingerprint density at radius 1 is 1.14 bits per heavy atom. The van der Waals surface area contributed by atoms with E-state index in [1.165, 1.54) is 25.6 Å². The van der Waals surface area contributed by atoms with Gasteiger partial charge in [-0.1, -0.05) is 39.0 Å². The number of hydrogen-bond donors (Lipinski definition) is 2. The first-order valence-corrected chi connectivity index (χ1v) is 16.0. The van der Waals surface area contributed by atoms with E-state index in [9.17, 15) is 13.2 Å². The number of nitrogens with zero attached hydrogens (tertiary/aromatic N) is 5. The number of carbonyl (C=O) groups excluding carboxylic acids is 1. The van der Waals surface area contributed by atoms with Crippen molar-refractivity contribution in [3.05, 3.63) is 64.5 Å². The van der Waals surface area contributed by atoms with Crippen LogP contribution < -0.4 is 19.8 Å². The maximum atomic E-state index is 13.6. The number of aryl methyl sites for hydroxylation is 1. The maximum absolute atomic E-state index is 13.6. The van der Waals surface area contributed by atoms with E-state index in [0.29, 0.717) is 23.8 Å². The zero-order chi connectivity index (χ0) is 30.4. The number of hydrogen-bond acceptors (Lipinski definition) is 8. The molecule has 2 aromatic carbocycles. The highest BCUT2D eigenvalue weighted by Gasteiger charge is 2.32. The van der Waals surface area contributed by atoms with Crippen molar-refractivity contribution in [2.24, 2.45) is 10.3 Å². The Balaban J connectivity index is 1.41. The molecule has 2 aliphatic rings. The second-order valence-corrected chi connectivity index (χ2v) is 13.8. The Kier molecular flexibility index (Phi) is 7.78. The van der Waals surface area contributed by atoms with Gasteiger partial charge in [0.15, 0.2) is 5.75 Å². The predicted molar refractivity (Wildman–Crippen MR) is 164 cm³/mol. The summed E-state index contributed by atoms with van der Waals surface area (Å²) in [6.07, 6.45) is 6.22. The lowest BCUT2D eigenvalue weighted by Crippen LogP contribution is -2.20. The van der Waals surface area contributed by atoms with Gasteiger partial charge in [-0.3, -0.25) is 14.2 Å². The molecule has 3 aromatic rings. The molecule has 0 spiro atoms. The Morgan fingerprint density at radius 3 is 2.48 bits per heavy atom. The van der Waals surface area contributed by atoms with E-state index < -0.39 is 10.0 Å². The van der Waals surface area contributed by atoms with E-state index in [2.05, 4.69) is 37.1 Å². The van der Waals surface area contributed by atoms with Gasteiger partial charge in [0.05, 0.1) is 49.2 Å². The van der Waals surface area contributed by atoms with Crippen LogP contribution in [0.3, 0.4) is 0 Å². The minimum Gasteiger partial charge on any atom is -0.492 e. The predicted octanol–water partition coefficient (Wildman–Crippen LogP) is 5.95. The number of rotatable bonds is 9. The molecule has 42 heavy (non-hydrogen) atoms. The van der Waals surface area contributed by atoms with Crippen LogP contribution in [0.15, 0.2) is 46.9 Å². The molecule has 0 radical (unpaired) electrons. The molecule has 1 amide bonds. The van der Waals surface area contributed by atoms with Gasteiger partial charge in [-0.15, -0.1) is 0 Å².